The van der Waals surface area contributed by atoms with Crippen LogP contribution in [-0.4, -0.2) is 15.6 Å². The fourth-order valence-electron chi connectivity index (χ4n) is 6.48. The molecule has 2 aliphatic carbocycles. The molecule has 3 aliphatic rings. The first-order valence-corrected chi connectivity index (χ1v) is 13.0. The van der Waals surface area contributed by atoms with E-state index in [1.165, 1.54) is 11.6 Å². The van der Waals surface area contributed by atoms with E-state index in [9.17, 15) is 23.1 Å². The summed E-state index contributed by atoms with van der Waals surface area (Å²) in [5.41, 5.74) is 3.89. The van der Waals surface area contributed by atoms with E-state index in [1.807, 2.05) is 18.2 Å². The predicted octanol–water partition coefficient (Wildman–Crippen LogP) is 7.74. The largest absolute Gasteiger partial charge is 0.489 e. The molecule has 0 unspecified atom stereocenters. The van der Waals surface area contributed by atoms with Gasteiger partial charge >= 0.3 is 12.1 Å². The number of nitrogens with zero attached hydrogens (tertiary/aromatic N) is 1. The summed E-state index contributed by atoms with van der Waals surface area (Å²) in [5.74, 6) is 0.306. The Kier molecular flexibility index (Phi) is 5.77. The van der Waals surface area contributed by atoms with Gasteiger partial charge in [0.2, 0.25) is 0 Å². The van der Waals surface area contributed by atoms with Crippen molar-refractivity contribution in [2.45, 2.75) is 88.4 Å². The van der Waals surface area contributed by atoms with Crippen LogP contribution in [0.25, 0.3) is 10.9 Å². The van der Waals surface area contributed by atoms with Crippen LogP contribution in [0.3, 0.4) is 0 Å². The zero-order valence-electron chi connectivity index (χ0n) is 20.1. The number of hydrogen-bond acceptors (Lipinski definition) is 2. The van der Waals surface area contributed by atoms with Crippen LogP contribution >= 0.6 is 0 Å². The number of carboxylic acid groups (broad SMARTS) is 1. The second kappa shape index (κ2) is 8.86. The number of hydrogen-bond donors (Lipinski definition) is 1. The Balaban J connectivity index is 1.28. The maximum absolute atomic E-state index is 13.9. The number of aliphatic carboxylic acids is 1. The number of carboxylic acids is 1. The summed E-state index contributed by atoms with van der Waals surface area (Å²) in [6, 6.07) is 10.5. The number of fused-ring (bicyclic) bond motifs is 3. The minimum Gasteiger partial charge on any atom is -0.489 e. The maximum Gasteiger partial charge on any atom is 0.416 e. The van der Waals surface area contributed by atoms with Crippen molar-refractivity contribution in [1.82, 2.24) is 4.57 Å². The molecule has 1 aromatic heterocycles. The molecule has 1 N–H and O–H groups in total. The highest BCUT2D eigenvalue weighted by atomic mass is 19.4. The Bertz CT molecular complexity index is 1320. The van der Waals surface area contributed by atoms with Gasteiger partial charge in [-0.1, -0.05) is 25.0 Å². The Morgan fingerprint density at radius 2 is 1.78 bits per heavy atom. The summed E-state index contributed by atoms with van der Waals surface area (Å²) >= 11 is 0. The van der Waals surface area contributed by atoms with Crippen molar-refractivity contribution in [3.05, 3.63) is 64.3 Å². The minimum atomic E-state index is -4.38. The first kappa shape index (κ1) is 23.4. The highest BCUT2D eigenvalue weighted by molar-refractivity contribution is 5.89. The van der Waals surface area contributed by atoms with Crippen molar-refractivity contribution < 1.29 is 27.8 Å². The Labute approximate surface area is 208 Å². The van der Waals surface area contributed by atoms with Gasteiger partial charge in [-0.25, -0.2) is 0 Å². The number of benzene rings is 2. The molecule has 1 aliphatic heterocycles. The van der Waals surface area contributed by atoms with E-state index < -0.39 is 17.7 Å². The molecule has 2 heterocycles. The van der Waals surface area contributed by atoms with Crippen molar-refractivity contribution in [3.63, 3.8) is 0 Å². The molecule has 6 rings (SSSR count). The molecule has 36 heavy (non-hydrogen) atoms. The van der Waals surface area contributed by atoms with Crippen molar-refractivity contribution in [2.24, 2.45) is 0 Å². The maximum atomic E-state index is 13.9. The third-order valence-electron chi connectivity index (χ3n) is 8.23. The molecule has 0 saturated heterocycles. The molecule has 190 valence electrons. The van der Waals surface area contributed by atoms with E-state index in [2.05, 4.69) is 4.57 Å². The fourth-order valence-corrected chi connectivity index (χ4v) is 6.48. The Hall–Kier alpha value is -2.96. The highest BCUT2D eigenvalue weighted by Crippen LogP contribution is 2.51. The first-order valence-electron chi connectivity index (χ1n) is 13.0. The molecular formula is C29H30F3NO3. The lowest BCUT2D eigenvalue weighted by molar-refractivity contribution is -0.139. The van der Waals surface area contributed by atoms with Crippen molar-refractivity contribution in [3.8, 4) is 5.75 Å². The highest BCUT2D eigenvalue weighted by Gasteiger charge is 2.38. The molecule has 2 fully saturated rings. The molecule has 2 aromatic carbocycles. The lowest BCUT2D eigenvalue weighted by Crippen LogP contribution is -2.12. The molecular weight excluding hydrogens is 467 g/mol. The molecule has 0 radical (unpaired) electrons. The van der Waals surface area contributed by atoms with Crippen molar-refractivity contribution in [1.29, 1.82) is 0 Å². The van der Waals surface area contributed by atoms with Gasteiger partial charge in [-0.2, -0.15) is 13.2 Å². The number of rotatable bonds is 7. The molecule has 2 saturated carbocycles. The molecule has 3 aromatic rings. The van der Waals surface area contributed by atoms with E-state index in [0.717, 1.165) is 68.1 Å². The summed E-state index contributed by atoms with van der Waals surface area (Å²) in [4.78, 5) is 11.4. The second-order valence-corrected chi connectivity index (χ2v) is 10.7. The zero-order chi connectivity index (χ0) is 25.0. The van der Waals surface area contributed by atoms with Crippen LogP contribution in [-0.2, 0) is 24.1 Å². The summed E-state index contributed by atoms with van der Waals surface area (Å²) in [6.45, 7) is 0.873. The third kappa shape index (κ3) is 4.27. The van der Waals surface area contributed by atoms with E-state index >= 15 is 0 Å². The quantitative estimate of drug-likeness (QED) is 0.363. The van der Waals surface area contributed by atoms with Crippen LogP contribution in [0.2, 0.25) is 0 Å². The van der Waals surface area contributed by atoms with Crippen molar-refractivity contribution >= 4 is 16.9 Å². The van der Waals surface area contributed by atoms with Crippen LogP contribution in [0.5, 0.6) is 5.75 Å². The smallest absolute Gasteiger partial charge is 0.416 e. The van der Waals surface area contributed by atoms with Gasteiger partial charge in [0.1, 0.15) is 12.4 Å². The molecule has 0 bridgehead atoms. The van der Waals surface area contributed by atoms with Gasteiger partial charge in [-0.15, -0.1) is 0 Å². The van der Waals surface area contributed by atoms with Gasteiger partial charge in [0.25, 0.3) is 0 Å². The first-order chi connectivity index (χ1) is 17.3. The number of ether oxygens (including phenoxy) is 1. The summed E-state index contributed by atoms with van der Waals surface area (Å²) in [5, 5.41) is 10.5. The topological polar surface area (TPSA) is 51.5 Å². The number of halogens is 3. The molecule has 4 nitrogen and oxygen atoms in total. The summed E-state index contributed by atoms with van der Waals surface area (Å²) < 4.78 is 49.8. The number of alkyl halides is 3. The van der Waals surface area contributed by atoms with Crippen LogP contribution in [0.4, 0.5) is 13.2 Å². The molecule has 7 heteroatoms. The number of aryl methyl sites for hydroxylation is 1. The van der Waals surface area contributed by atoms with Gasteiger partial charge in [0, 0.05) is 29.1 Å². The fraction of sp³-hybridized carbons (Fsp3) is 0.483. The Morgan fingerprint density at radius 1 is 1.00 bits per heavy atom. The van der Waals surface area contributed by atoms with E-state index in [-0.39, 0.29) is 24.9 Å². The SMILES string of the molecule is O=C(O)C[C@@H]1CCn2c1c(C1CC1)c1cc(OCc3ccc(C4CCCC4)c(C(F)(F)F)c3)ccc12. The summed E-state index contributed by atoms with van der Waals surface area (Å²) in [7, 11) is 0. The van der Waals surface area contributed by atoms with E-state index in [1.54, 1.807) is 12.1 Å². The van der Waals surface area contributed by atoms with Gasteiger partial charge in [-0.3, -0.25) is 4.79 Å². The standard InChI is InChI=1S/C29H30F3NO3/c30-29(31,32)24-13-17(5-9-22(24)18-3-1-2-4-18)16-36-21-8-10-25-23(15-21)27(19-6-7-19)28-20(14-26(34)35)11-12-33(25)28/h5,8-10,13,15,18-20H,1-4,6-7,11-12,14,16H2,(H,34,35)/t20-/m0/s1. The van der Waals surface area contributed by atoms with Gasteiger partial charge in [0.15, 0.2) is 0 Å². The molecule has 1 atom stereocenters. The normalized spacial score (nSPS) is 20.2. The monoisotopic (exact) mass is 497 g/mol. The minimum absolute atomic E-state index is 0.0124. The lowest BCUT2D eigenvalue weighted by Gasteiger charge is -2.19. The van der Waals surface area contributed by atoms with Gasteiger partial charge < -0.3 is 14.4 Å². The van der Waals surface area contributed by atoms with E-state index in [4.69, 9.17) is 4.74 Å². The van der Waals surface area contributed by atoms with Crippen LogP contribution in [0.15, 0.2) is 36.4 Å². The predicted molar refractivity (Wildman–Crippen MR) is 131 cm³/mol. The van der Waals surface area contributed by atoms with Gasteiger partial charge in [-0.05, 0) is 84.9 Å². The average Bonchev–Trinajstić information content (AvgIpc) is 3.24. The number of aromatic nitrogens is 1. The molecule has 0 amide bonds. The average molecular weight is 498 g/mol. The van der Waals surface area contributed by atoms with E-state index in [0.29, 0.717) is 22.8 Å². The van der Waals surface area contributed by atoms with Crippen molar-refractivity contribution in [2.75, 3.05) is 0 Å². The zero-order valence-corrected chi connectivity index (χ0v) is 20.1. The van der Waals surface area contributed by atoms with Crippen LogP contribution < -0.4 is 4.74 Å². The summed E-state index contributed by atoms with van der Waals surface area (Å²) in [6.07, 6.45) is 2.40. The second-order valence-electron chi connectivity index (χ2n) is 10.7. The number of carbonyl (C=O) groups is 1. The van der Waals surface area contributed by atoms with Crippen LogP contribution in [0, 0.1) is 0 Å². The lowest BCUT2D eigenvalue weighted by atomic mass is 9.91. The van der Waals surface area contributed by atoms with Crippen LogP contribution in [0.1, 0.15) is 97.1 Å². The third-order valence-corrected chi connectivity index (χ3v) is 8.23. The molecule has 0 spiro atoms. The Morgan fingerprint density at radius 3 is 2.47 bits per heavy atom. The van der Waals surface area contributed by atoms with Gasteiger partial charge in [0.05, 0.1) is 12.0 Å².